The predicted molar refractivity (Wildman–Crippen MR) is 105 cm³/mol. The molecule has 2 fully saturated rings. The highest BCUT2D eigenvalue weighted by molar-refractivity contribution is 6.31. The number of anilines is 1. The minimum atomic E-state index is -0.634. The molecule has 0 unspecified atom stereocenters. The lowest BCUT2D eigenvalue weighted by Gasteiger charge is -2.48. The monoisotopic (exact) mass is 394 g/mol. The number of methoxy groups -OCH3 is 1. The summed E-state index contributed by atoms with van der Waals surface area (Å²) in [5, 5.41) is 3.37. The van der Waals surface area contributed by atoms with Crippen LogP contribution >= 0.6 is 11.6 Å². The van der Waals surface area contributed by atoms with Gasteiger partial charge in [0.15, 0.2) is 0 Å². The smallest absolute Gasteiger partial charge is 0.321 e. The number of hydrogen-bond donors (Lipinski definition) is 2. The number of benzene rings is 1. The number of halogens is 1. The summed E-state index contributed by atoms with van der Waals surface area (Å²) in [5.74, 6) is 0.269. The number of rotatable bonds is 4. The van der Waals surface area contributed by atoms with Crippen LogP contribution in [0.25, 0.3) is 0 Å². The Hall–Kier alpha value is -1.99. The molecule has 27 heavy (non-hydrogen) atoms. The highest BCUT2D eigenvalue weighted by Gasteiger charge is 2.45. The molecule has 2 aliphatic heterocycles. The third-order valence-electron chi connectivity index (χ3n) is 5.70. The van der Waals surface area contributed by atoms with Crippen LogP contribution in [-0.4, -0.2) is 60.6 Å². The zero-order chi connectivity index (χ0) is 19.4. The maximum Gasteiger partial charge on any atom is 0.321 e. The normalized spacial score (nSPS) is 20.1. The van der Waals surface area contributed by atoms with Crippen molar-refractivity contribution in [2.45, 2.75) is 37.6 Å². The lowest BCUT2D eigenvalue weighted by atomic mass is 9.83. The van der Waals surface area contributed by atoms with Gasteiger partial charge in [-0.3, -0.25) is 9.69 Å². The Morgan fingerprint density at radius 3 is 2.41 bits per heavy atom. The second kappa shape index (κ2) is 8.35. The van der Waals surface area contributed by atoms with Gasteiger partial charge in [-0.2, -0.15) is 0 Å². The molecule has 0 spiro atoms. The number of nitrogens with zero attached hydrogens (tertiary/aromatic N) is 2. The molecule has 148 valence electrons. The zero-order valence-corrected chi connectivity index (χ0v) is 16.4. The molecule has 1 aromatic rings. The van der Waals surface area contributed by atoms with Gasteiger partial charge in [0.2, 0.25) is 5.91 Å². The van der Waals surface area contributed by atoms with E-state index in [0.29, 0.717) is 42.4 Å². The Morgan fingerprint density at radius 2 is 1.81 bits per heavy atom. The topological polar surface area (TPSA) is 87.9 Å². The average Bonchev–Trinajstić information content (AvgIpc) is 2.68. The van der Waals surface area contributed by atoms with Gasteiger partial charge in [0, 0.05) is 18.1 Å². The van der Waals surface area contributed by atoms with Gasteiger partial charge < -0.3 is 20.7 Å². The van der Waals surface area contributed by atoms with Crippen molar-refractivity contribution in [3.8, 4) is 5.75 Å². The fourth-order valence-electron chi connectivity index (χ4n) is 4.09. The van der Waals surface area contributed by atoms with Crippen molar-refractivity contribution in [3.63, 3.8) is 0 Å². The maximum atomic E-state index is 12.7. The number of piperidine rings is 2. The van der Waals surface area contributed by atoms with Crippen LogP contribution in [0.2, 0.25) is 5.02 Å². The quantitative estimate of drug-likeness (QED) is 0.821. The number of carbonyl (C=O) groups excluding carboxylic acids is 2. The van der Waals surface area contributed by atoms with Crippen molar-refractivity contribution in [2.24, 2.45) is 5.73 Å². The van der Waals surface area contributed by atoms with E-state index in [1.807, 2.05) is 0 Å². The number of amides is 3. The summed E-state index contributed by atoms with van der Waals surface area (Å²) in [5.41, 5.74) is 5.69. The van der Waals surface area contributed by atoms with Crippen molar-refractivity contribution in [1.82, 2.24) is 9.80 Å². The molecule has 1 aromatic carbocycles. The minimum Gasteiger partial charge on any atom is -0.495 e. The Balaban J connectivity index is 1.66. The molecule has 0 radical (unpaired) electrons. The van der Waals surface area contributed by atoms with E-state index in [0.717, 1.165) is 25.9 Å². The van der Waals surface area contributed by atoms with Crippen LogP contribution < -0.4 is 15.8 Å². The molecule has 0 bridgehead atoms. The number of hydrogen-bond acceptors (Lipinski definition) is 4. The van der Waals surface area contributed by atoms with Gasteiger partial charge in [0.05, 0.1) is 12.8 Å². The molecule has 7 nitrogen and oxygen atoms in total. The molecule has 3 amide bonds. The zero-order valence-electron chi connectivity index (χ0n) is 15.7. The molecule has 2 heterocycles. The summed E-state index contributed by atoms with van der Waals surface area (Å²) in [4.78, 5) is 28.9. The number of urea groups is 1. The fourth-order valence-corrected chi connectivity index (χ4v) is 4.26. The Bertz CT molecular complexity index is 698. The Labute approximate surface area is 164 Å². The summed E-state index contributed by atoms with van der Waals surface area (Å²) in [6, 6.07) is 4.84. The van der Waals surface area contributed by atoms with Crippen molar-refractivity contribution >= 4 is 29.2 Å². The molecule has 0 atom stereocenters. The third kappa shape index (κ3) is 4.14. The van der Waals surface area contributed by atoms with Crippen molar-refractivity contribution in [1.29, 1.82) is 0 Å². The highest BCUT2D eigenvalue weighted by atomic mass is 35.5. The molecular weight excluding hydrogens is 368 g/mol. The van der Waals surface area contributed by atoms with E-state index < -0.39 is 5.54 Å². The van der Waals surface area contributed by atoms with E-state index in [-0.39, 0.29) is 11.9 Å². The van der Waals surface area contributed by atoms with Crippen LogP contribution in [0, 0.1) is 0 Å². The van der Waals surface area contributed by atoms with Gasteiger partial charge in [-0.15, -0.1) is 0 Å². The van der Waals surface area contributed by atoms with Crippen LogP contribution in [0.5, 0.6) is 5.75 Å². The van der Waals surface area contributed by atoms with Crippen molar-refractivity contribution in [3.05, 3.63) is 23.2 Å². The SMILES string of the molecule is COc1ccc(Cl)cc1NC(=O)N1CCC(C(N)=O)(N2CCCCC2)CC1. The first-order valence-corrected chi connectivity index (χ1v) is 9.78. The summed E-state index contributed by atoms with van der Waals surface area (Å²) in [6.45, 7) is 2.76. The van der Waals surface area contributed by atoms with Crippen LogP contribution in [0.1, 0.15) is 32.1 Å². The van der Waals surface area contributed by atoms with Crippen molar-refractivity contribution in [2.75, 3.05) is 38.6 Å². The van der Waals surface area contributed by atoms with Gasteiger partial charge in [-0.1, -0.05) is 18.0 Å². The standard InChI is InChI=1S/C19H27ClN4O3/c1-27-16-6-5-14(20)13-15(16)22-18(26)23-11-7-19(8-12-23,17(21)25)24-9-3-2-4-10-24/h5-6,13H,2-4,7-12H2,1H3,(H2,21,25)(H,22,26). The molecule has 2 aliphatic rings. The third-order valence-corrected chi connectivity index (χ3v) is 5.94. The van der Waals surface area contributed by atoms with E-state index in [9.17, 15) is 9.59 Å². The van der Waals surface area contributed by atoms with E-state index >= 15 is 0 Å². The second-order valence-corrected chi connectivity index (χ2v) is 7.64. The minimum absolute atomic E-state index is 0.229. The molecule has 0 aromatic heterocycles. The molecule has 3 N–H and O–H groups in total. The number of nitrogens with one attached hydrogen (secondary N) is 1. The first-order valence-electron chi connectivity index (χ1n) is 9.41. The molecule has 2 saturated heterocycles. The van der Waals surface area contributed by atoms with Gasteiger partial charge >= 0.3 is 6.03 Å². The van der Waals surface area contributed by atoms with E-state index in [1.54, 1.807) is 30.2 Å². The van der Waals surface area contributed by atoms with E-state index in [2.05, 4.69) is 10.2 Å². The second-order valence-electron chi connectivity index (χ2n) is 7.21. The lowest BCUT2D eigenvalue weighted by molar-refractivity contribution is -0.134. The number of ether oxygens (including phenoxy) is 1. The van der Waals surface area contributed by atoms with Gasteiger partial charge in [-0.25, -0.2) is 4.79 Å². The van der Waals surface area contributed by atoms with Crippen LogP contribution in [0.4, 0.5) is 10.5 Å². The van der Waals surface area contributed by atoms with Gasteiger partial charge in [0.25, 0.3) is 0 Å². The lowest BCUT2D eigenvalue weighted by Crippen LogP contribution is -2.64. The van der Waals surface area contributed by atoms with Crippen LogP contribution in [0.3, 0.4) is 0 Å². The van der Waals surface area contributed by atoms with Crippen molar-refractivity contribution < 1.29 is 14.3 Å². The summed E-state index contributed by atoms with van der Waals surface area (Å²) in [6.07, 6.45) is 4.49. The number of likely N-dealkylation sites (tertiary alicyclic amines) is 2. The Kier molecular flexibility index (Phi) is 6.11. The Morgan fingerprint density at radius 1 is 1.15 bits per heavy atom. The first-order chi connectivity index (χ1) is 13.0. The van der Waals surface area contributed by atoms with E-state index in [4.69, 9.17) is 22.1 Å². The molecule has 0 saturated carbocycles. The molecule has 0 aliphatic carbocycles. The molecule has 3 rings (SSSR count). The number of primary amides is 1. The summed E-state index contributed by atoms with van der Waals surface area (Å²) >= 11 is 6.02. The van der Waals surface area contributed by atoms with Gasteiger partial charge in [-0.05, 0) is 57.0 Å². The van der Waals surface area contributed by atoms with Crippen LogP contribution in [-0.2, 0) is 4.79 Å². The fraction of sp³-hybridized carbons (Fsp3) is 0.579. The largest absolute Gasteiger partial charge is 0.495 e. The summed E-state index contributed by atoms with van der Waals surface area (Å²) < 4.78 is 5.27. The maximum absolute atomic E-state index is 12.7. The number of nitrogens with two attached hydrogens (primary N) is 1. The average molecular weight is 395 g/mol. The summed E-state index contributed by atoms with van der Waals surface area (Å²) in [7, 11) is 1.54. The highest BCUT2D eigenvalue weighted by Crippen LogP contribution is 2.32. The van der Waals surface area contributed by atoms with Gasteiger partial charge in [0.1, 0.15) is 11.3 Å². The molecular formula is C19H27ClN4O3. The predicted octanol–water partition coefficient (Wildman–Crippen LogP) is 2.69. The first kappa shape index (κ1) is 19.8. The molecule has 8 heteroatoms. The van der Waals surface area contributed by atoms with Crippen LogP contribution in [0.15, 0.2) is 18.2 Å². The van der Waals surface area contributed by atoms with E-state index in [1.165, 1.54) is 6.42 Å². The number of carbonyl (C=O) groups is 2.